The minimum atomic E-state index is -5.14. The van der Waals surface area contributed by atoms with Crippen LogP contribution in [0.4, 0.5) is 0 Å². The first kappa shape index (κ1) is 23.9. The summed E-state index contributed by atoms with van der Waals surface area (Å²) in [6.45, 7) is 3.44. The molecule has 0 radical (unpaired) electrons. The summed E-state index contributed by atoms with van der Waals surface area (Å²) in [5.41, 5.74) is 0. The van der Waals surface area contributed by atoms with Gasteiger partial charge in [-0.2, -0.15) is 0 Å². The van der Waals surface area contributed by atoms with Gasteiger partial charge in [-0.1, -0.05) is 0 Å². The molecule has 0 saturated heterocycles. The van der Waals surface area contributed by atoms with E-state index in [-0.39, 0.29) is 109 Å². The maximum Gasteiger partial charge on any atom is 1.00 e. The average molecular weight is 234 g/mol. The Morgan fingerprint density at radius 2 is 1.27 bits per heavy atom. The van der Waals surface area contributed by atoms with Crippen molar-refractivity contribution in [3.63, 3.8) is 0 Å². The van der Waals surface area contributed by atoms with Crippen molar-refractivity contribution >= 4 is 7.82 Å². The van der Waals surface area contributed by atoms with Gasteiger partial charge in [-0.05, 0) is 13.8 Å². The Kier molecular flexibility index (Phi) is 29.0. The first-order valence-electron chi connectivity index (χ1n) is 2.16. The first-order valence-corrected chi connectivity index (χ1v) is 3.66. The molecule has 0 aromatic carbocycles. The van der Waals surface area contributed by atoms with Crippen LogP contribution in [0.1, 0.15) is 13.8 Å². The summed E-state index contributed by atoms with van der Waals surface area (Å²) in [5, 5.41) is 8.06. The van der Waals surface area contributed by atoms with Crippen LogP contribution in [0.15, 0.2) is 0 Å². The summed E-state index contributed by atoms with van der Waals surface area (Å²) in [6, 6.07) is 0. The van der Waals surface area contributed by atoms with E-state index in [1.54, 1.807) is 13.8 Å². The molecule has 11 heavy (non-hydrogen) atoms. The zero-order valence-corrected chi connectivity index (χ0v) is 14.3. The van der Waals surface area contributed by atoms with Crippen LogP contribution >= 0.6 is 7.82 Å². The second kappa shape index (κ2) is 13.3. The van der Waals surface area contributed by atoms with Gasteiger partial charge in [-0.3, -0.25) is 0 Å². The zero-order chi connectivity index (χ0) is 8.08. The van der Waals surface area contributed by atoms with Gasteiger partial charge in [0.15, 0.2) is 0 Å². The second-order valence-corrected chi connectivity index (χ2v) is 2.50. The van der Waals surface area contributed by atoms with Crippen molar-refractivity contribution in [3.8, 4) is 0 Å². The molecule has 0 atom stereocenters. The molecule has 5 nitrogen and oxygen atoms in total. The van der Waals surface area contributed by atoms with Crippen LogP contribution < -0.4 is 113 Å². The van der Waals surface area contributed by atoms with Gasteiger partial charge in [-0.25, -0.2) is 0 Å². The molecule has 8 heteroatoms. The molecule has 0 fully saturated rings. The molecule has 0 heterocycles. The largest absolute Gasteiger partial charge is 1.00 e. The van der Waals surface area contributed by atoms with Crippen molar-refractivity contribution in [1.29, 1.82) is 0 Å². The van der Waals surface area contributed by atoms with Gasteiger partial charge in [0.25, 0.3) is 0 Å². The fourth-order valence-corrected chi connectivity index (χ4v) is 0. The molecular formula is C3H9K2O5P. The van der Waals surface area contributed by atoms with Crippen molar-refractivity contribution in [1.82, 2.24) is 0 Å². The van der Waals surface area contributed by atoms with Crippen LogP contribution in [0.3, 0.4) is 0 Å². The van der Waals surface area contributed by atoms with Gasteiger partial charge in [0.2, 0.25) is 0 Å². The quantitative estimate of drug-likeness (QED) is 0.320. The van der Waals surface area contributed by atoms with Crippen molar-refractivity contribution in [2.24, 2.45) is 0 Å². The first-order chi connectivity index (χ1) is 3.73. The predicted molar refractivity (Wildman–Crippen MR) is 27.2 cm³/mol. The Bertz CT molecular complexity index is 90.9. The second-order valence-electron chi connectivity index (χ2n) is 1.56. The van der Waals surface area contributed by atoms with E-state index in [1.807, 2.05) is 0 Å². The Morgan fingerprint density at radius 1 is 1.27 bits per heavy atom. The number of hydrogen-bond acceptors (Lipinski definition) is 4. The van der Waals surface area contributed by atoms with Crippen LogP contribution in [0, 0.1) is 0 Å². The smallest absolute Gasteiger partial charge is 0.790 e. The van der Waals surface area contributed by atoms with Crippen molar-refractivity contribution < 1.29 is 127 Å². The normalized spacial score (nSPS) is 8.64. The summed E-state index contributed by atoms with van der Waals surface area (Å²) in [7, 11) is -5.14. The van der Waals surface area contributed by atoms with Crippen LogP contribution in [-0.2, 0) is 4.57 Å². The summed E-state index contributed by atoms with van der Waals surface area (Å²) >= 11 is 0. The molecule has 0 amide bonds. The molecule has 0 rings (SSSR count). The van der Waals surface area contributed by atoms with E-state index in [0.29, 0.717) is 0 Å². The number of rotatable bonds is 0. The van der Waals surface area contributed by atoms with Crippen molar-refractivity contribution in [2.45, 2.75) is 20.0 Å². The van der Waals surface area contributed by atoms with Gasteiger partial charge >= 0.3 is 103 Å². The Balaban J connectivity index is -0.0000000383. The van der Waals surface area contributed by atoms with Crippen molar-refractivity contribution in [3.05, 3.63) is 0 Å². The van der Waals surface area contributed by atoms with Gasteiger partial charge in [0.05, 0.1) is 7.82 Å². The molecule has 0 saturated carbocycles. The maximum absolute atomic E-state index is 8.66. The third kappa shape index (κ3) is 154. The summed E-state index contributed by atoms with van der Waals surface area (Å²) in [5.74, 6) is 0. The van der Waals surface area contributed by atoms with E-state index in [1.165, 1.54) is 0 Å². The zero-order valence-electron chi connectivity index (χ0n) is 7.14. The van der Waals surface area contributed by atoms with E-state index in [2.05, 4.69) is 0 Å². The van der Waals surface area contributed by atoms with Gasteiger partial charge in [-0.15, -0.1) is 0 Å². The van der Waals surface area contributed by atoms with Gasteiger partial charge in [0, 0.05) is 6.10 Å². The molecular weight excluding hydrogens is 225 g/mol. The van der Waals surface area contributed by atoms with E-state index in [4.69, 9.17) is 24.4 Å². The average Bonchev–Trinajstić information content (AvgIpc) is 1.19. The SMILES string of the molecule is CC(C)O.O=P([O-])([O-])O.[K+].[K+]. The number of aliphatic hydroxyl groups excluding tert-OH is 1. The fraction of sp³-hybridized carbons (Fsp3) is 1.00. The molecule has 0 aliphatic carbocycles. The topological polar surface area (TPSA) is 104 Å². The number of hydrogen-bond donors (Lipinski definition) is 2. The molecule has 0 aliphatic rings. The predicted octanol–water partition coefficient (Wildman–Crippen LogP) is -7.80. The van der Waals surface area contributed by atoms with Gasteiger partial charge in [0.1, 0.15) is 0 Å². The fourth-order valence-electron chi connectivity index (χ4n) is 0. The molecule has 0 aliphatic heterocycles. The molecule has 0 aromatic rings. The number of aliphatic hydroxyl groups is 1. The Morgan fingerprint density at radius 3 is 1.27 bits per heavy atom. The summed E-state index contributed by atoms with van der Waals surface area (Å²) < 4.78 is 8.66. The maximum atomic E-state index is 8.66. The van der Waals surface area contributed by atoms with Crippen molar-refractivity contribution in [2.75, 3.05) is 0 Å². The van der Waals surface area contributed by atoms with E-state index in [0.717, 1.165) is 0 Å². The van der Waals surface area contributed by atoms with E-state index < -0.39 is 7.82 Å². The monoisotopic (exact) mass is 234 g/mol. The standard InChI is InChI=1S/C3H8O.2K.H3O4P/c1-3(2)4;;;1-5(2,3)4/h3-4H,1-2H3;;;(H3,1,2,3,4)/q;2*+1;/p-2. The Hall–Kier alpha value is 3.34. The Labute approximate surface area is 151 Å². The third-order valence-corrected chi connectivity index (χ3v) is 0. The summed E-state index contributed by atoms with van der Waals surface area (Å²) in [4.78, 5) is 24.3. The van der Waals surface area contributed by atoms with Crippen LogP contribution in [-0.4, -0.2) is 16.1 Å². The number of phosphoric acid groups is 1. The molecule has 0 aromatic heterocycles. The van der Waals surface area contributed by atoms with Gasteiger partial charge < -0.3 is 24.4 Å². The minimum absolute atomic E-state index is 0. The third-order valence-electron chi connectivity index (χ3n) is 0. The minimum Gasteiger partial charge on any atom is -0.790 e. The van der Waals surface area contributed by atoms with Crippen LogP contribution in [0.2, 0.25) is 0 Å². The van der Waals surface area contributed by atoms with Crippen LogP contribution in [0.25, 0.3) is 0 Å². The molecule has 0 unspecified atom stereocenters. The molecule has 0 spiro atoms. The molecule has 2 N–H and O–H groups in total. The molecule has 58 valence electrons. The summed E-state index contributed by atoms with van der Waals surface area (Å²) in [6.07, 6.45) is -0.167. The van der Waals surface area contributed by atoms with E-state index >= 15 is 0 Å². The molecule has 0 bridgehead atoms. The van der Waals surface area contributed by atoms with E-state index in [9.17, 15) is 0 Å². The van der Waals surface area contributed by atoms with Crippen LogP contribution in [0.5, 0.6) is 0 Å².